The molecule has 1 fully saturated rings. The van der Waals surface area contributed by atoms with E-state index in [4.69, 9.17) is 0 Å². The number of thioether (sulfide) groups is 1. The maximum absolute atomic E-state index is 11.2. The Labute approximate surface area is 118 Å². The van der Waals surface area contributed by atoms with Gasteiger partial charge >= 0.3 is 5.03 Å². The fourth-order valence-electron chi connectivity index (χ4n) is 1.75. The van der Waals surface area contributed by atoms with Crippen molar-refractivity contribution < 1.29 is 9.85 Å². The first kappa shape index (κ1) is 14.1. The van der Waals surface area contributed by atoms with Gasteiger partial charge in [0.2, 0.25) is 0 Å². The molecule has 1 N–H and O–H groups in total. The van der Waals surface area contributed by atoms with Crippen LogP contribution in [0.3, 0.4) is 0 Å². The van der Waals surface area contributed by atoms with Crippen molar-refractivity contribution in [1.82, 2.24) is 10.2 Å². The van der Waals surface area contributed by atoms with Gasteiger partial charge in [0, 0.05) is 37.2 Å². The van der Waals surface area contributed by atoms with Crippen LogP contribution in [0, 0.1) is 20.2 Å². The molecule has 1 aromatic rings. The van der Waals surface area contributed by atoms with E-state index < -0.39 is 9.85 Å². The van der Waals surface area contributed by atoms with Crippen molar-refractivity contribution in [1.29, 1.82) is 0 Å². The molecule has 1 aliphatic rings. The molecule has 0 bridgehead atoms. The quantitative estimate of drug-likeness (QED) is 0.511. The summed E-state index contributed by atoms with van der Waals surface area (Å²) in [7, 11) is 1.77. The van der Waals surface area contributed by atoms with Crippen LogP contribution in [-0.2, 0) is 0 Å². The van der Waals surface area contributed by atoms with Gasteiger partial charge in [-0.3, -0.25) is 20.2 Å². The molecule has 0 aromatic heterocycles. The summed E-state index contributed by atoms with van der Waals surface area (Å²) in [5.74, 6) is 0.471. The standard InChI is InChI=1S/C11H12N4O4S/c1-13-7-6-12-10(13)11(15(18)19)20-9-4-2-8(3-5-9)14(16)17/h2-5,12H,6-7H2,1H3. The Morgan fingerprint density at radius 1 is 1.30 bits per heavy atom. The molecule has 20 heavy (non-hydrogen) atoms. The van der Waals surface area contributed by atoms with E-state index in [9.17, 15) is 20.2 Å². The largest absolute Gasteiger partial charge is 0.364 e. The summed E-state index contributed by atoms with van der Waals surface area (Å²) in [5, 5.41) is 24.7. The lowest BCUT2D eigenvalue weighted by Gasteiger charge is -2.11. The Morgan fingerprint density at radius 2 is 1.95 bits per heavy atom. The number of likely N-dealkylation sites (N-methyl/N-ethyl adjacent to an activating group) is 1. The molecule has 0 spiro atoms. The van der Waals surface area contributed by atoms with Gasteiger partial charge in [-0.25, -0.2) is 0 Å². The monoisotopic (exact) mass is 296 g/mol. The maximum Gasteiger partial charge on any atom is 0.347 e. The Hall–Kier alpha value is -2.29. The van der Waals surface area contributed by atoms with Crippen LogP contribution in [0.1, 0.15) is 0 Å². The van der Waals surface area contributed by atoms with E-state index in [-0.39, 0.29) is 10.7 Å². The van der Waals surface area contributed by atoms with Crippen LogP contribution in [0.25, 0.3) is 0 Å². The number of nitrogens with zero attached hydrogens (tertiary/aromatic N) is 3. The van der Waals surface area contributed by atoms with Crippen molar-refractivity contribution in [2.75, 3.05) is 20.1 Å². The minimum atomic E-state index is -0.506. The smallest absolute Gasteiger partial charge is 0.347 e. The molecule has 1 aliphatic heterocycles. The molecule has 0 unspecified atom stereocenters. The molecular formula is C11H12N4O4S. The summed E-state index contributed by atoms with van der Waals surface area (Å²) in [6, 6.07) is 5.66. The minimum Gasteiger partial charge on any atom is -0.364 e. The highest BCUT2D eigenvalue weighted by atomic mass is 32.2. The maximum atomic E-state index is 11.2. The summed E-state index contributed by atoms with van der Waals surface area (Å²) in [6.45, 7) is 1.36. The lowest BCUT2D eigenvalue weighted by atomic mass is 10.3. The number of nitrogens with one attached hydrogen (secondary N) is 1. The highest BCUT2D eigenvalue weighted by Gasteiger charge is 2.26. The first-order chi connectivity index (χ1) is 9.49. The highest BCUT2D eigenvalue weighted by Crippen LogP contribution is 2.31. The zero-order chi connectivity index (χ0) is 14.7. The zero-order valence-electron chi connectivity index (χ0n) is 10.6. The molecule has 106 valence electrons. The third-order valence-corrected chi connectivity index (χ3v) is 3.80. The number of non-ortho nitro benzene ring substituents is 1. The molecule has 1 aromatic carbocycles. The summed E-state index contributed by atoms with van der Waals surface area (Å²) in [5.41, 5.74) is -0.0410. The van der Waals surface area contributed by atoms with Gasteiger partial charge in [0.05, 0.1) is 9.85 Å². The fourth-order valence-corrected chi connectivity index (χ4v) is 2.64. The predicted molar refractivity (Wildman–Crippen MR) is 73.6 cm³/mol. The van der Waals surface area contributed by atoms with Crippen molar-refractivity contribution in [3.8, 4) is 0 Å². The molecule has 1 heterocycles. The summed E-state index contributed by atoms with van der Waals surface area (Å²) >= 11 is 0.972. The van der Waals surface area contributed by atoms with Crippen LogP contribution in [0.4, 0.5) is 5.69 Å². The second kappa shape index (κ2) is 5.78. The van der Waals surface area contributed by atoms with Crippen LogP contribution < -0.4 is 5.32 Å². The second-order valence-electron chi connectivity index (χ2n) is 4.11. The zero-order valence-corrected chi connectivity index (χ0v) is 11.4. The first-order valence-corrected chi connectivity index (χ1v) is 6.56. The Balaban J connectivity index is 2.25. The highest BCUT2D eigenvalue weighted by molar-refractivity contribution is 8.02. The molecule has 8 nitrogen and oxygen atoms in total. The Kier molecular flexibility index (Phi) is 4.08. The van der Waals surface area contributed by atoms with Gasteiger partial charge < -0.3 is 10.2 Å². The normalized spacial score (nSPS) is 16.8. The predicted octanol–water partition coefficient (Wildman–Crippen LogP) is 1.63. The van der Waals surface area contributed by atoms with Crippen molar-refractivity contribution in [2.45, 2.75) is 4.90 Å². The summed E-state index contributed by atoms with van der Waals surface area (Å²) in [4.78, 5) is 23.1. The van der Waals surface area contributed by atoms with Gasteiger partial charge in [0.25, 0.3) is 5.69 Å². The Morgan fingerprint density at radius 3 is 2.40 bits per heavy atom. The molecule has 9 heteroatoms. The van der Waals surface area contributed by atoms with E-state index >= 15 is 0 Å². The molecule has 2 rings (SSSR count). The number of nitro benzene ring substituents is 1. The number of rotatable bonds is 4. The topological polar surface area (TPSA) is 102 Å². The molecule has 0 saturated carbocycles. The lowest BCUT2D eigenvalue weighted by molar-refractivity contribution is -0.412. The lowest BCUT2D eigenvalue weighted by Crippen LogP contribution is -2.18. The fraction of sp³-hybridized carbons (Fsp3) is 0.273. The van der Waals surface area contributed by atoms with E-state index in [1.54, 1.807) is 11.9 Å². The first-order valence-electron chi connectivity index (χ1n) is 5.75. The van der Waals surface area contributed by atoms with Crippen molar-refractivity contribution in [2.24, 2.45) is 0 Å². The number of benzene rings is 1. The third kappa shape index (κ3) is 2.99. The molecule has 0 amide bonds. The van der Waals surface area contributed by atoms with E-state index in [1.165, 1.54) is 24.3 Å². The van der Waals surface area contributed by atoms with Gasteiger partial charge in [-0.2, -0.15) is 0 Å². The van der Waals surface area contributed by atoms with Gasteiger partial charge in [0.1, 0.15) is 0 Å². The molecule has 0 aliphatic carbocycles. The average molecular weight is 296 g/mol. The van der Waals surface area contributed by atoms with Crippen molar-refractivity contribution in [3.05, 3.63) is 55.3 Å². The molecular weight excluding hydrogens is 284 g/mol. The van der Waals surface area contributed by atoms with Crippen molar-refractivity contribution >= 4 is 17.4 Å². The minimum absolute atomic E-state index is 0.0150. The molecule has 0 atom stereocenters. The summed E-state index contributed by atoms with van der Waals surface area (Å²) < 4.78 is 0. The molecule has 1 saturated heterocycles. The van der Waals surface area contributed by atoms with E-state index in [1.807, 2.05) is 0 Å². The Bertz CT molecular complexity index is 572. The average Bonchev–Trinajstić information content (AvgIpc) is 2.82. The number of hydrogen-bond acceptors (Lipinski definition) is 7. The number of hydrogen-bond donors (Lipinski definition) is 1. The van der Waals surface area contributed by atoms with E-state index in [0.29, 0.717) is 23.8 Å². The summed E-state index contributed by atoms with van der Waals surface area (Å²) in [6.07, 6.45) is 0. The second-order valence-corrected chi connectivity index (χ2v) is 5.17. The van der Waals surface area contributed by atoms with Crippen molar-refractivity contribution in [3.63, 3.8) is 0 Å². The van der Waals surface area contributed by atoms with Gasteiger partial charge in [0.15, 0.2) is 5.82 Å². The third-order valence-electron chi connectivity index (χ3n) is 2.75. The van der Waals surface area contributed by atoms with E-state index in [0.717, 1.165) is 11.8 Å². The number of nitro groups is 2. The van der Waals surface area contributed by atoms with Gasteiger partial charge in [-0.1, -0.05) is 0 Å². The van der Waals surface area contributed by atoms with Crippen LogP contribution in [0.5, 0.6) is 0 Å². The van der Waals surface area contributed by atoms with Crippen LogP contribution >= 0.6 is 11.8 Å². The van der Waals surface area contributed by atoms with Gasteiger partial charge in [-0.05, 0) is 23.9 Å². The SMILES string of the molecule is CN1CCNC1=C(Sc1ccc([N+](=O)[O-])cc1)[N+](=O)[O-]. The van der Waals surface area contributed by atoms with Crippen LogP contribution in [0.15, 0.2) is 40.0 Å². The van der Waals surface area contributed by atoms with Crippen LogP contribution in [-0.4, -0.2) is 34.9 Å². The van der Waals surface area contributed by atoms with Gasteiger partial charge in [-0.15, -0.1) is 0 Å². The van der Waals surface area contributed by atoms with Crippen LogP contribution in [0.2, 0.25) is 0 Å². The molecule has 0 radical (unpaired) electrons. The van der Waals surface area contributed by atoms with E-state index in [2.05, 4.69) is 5.32 Å².